The van der Waals surface area contributed by atoms with Crippen LogP contribution in [0.2, 0.25) is 0 Å². The highest BCUT2D eigenvalue weighted by atomic mass is 16.5. The third-order valence-corrected chi connectivity index (χ3v) is 2.25. The van der Waals surface area contributed by atoms with Gasteiger partial charge in [0.15, 0.2) is 0 Å². The SMILES string of the molecule is CC(CCN)Nc1ccccc1OC(C)C. The van der Waals surface area contributed by atoms with Crippen molar-refractivity contribution in [2.75, 3.05) is 11.9 Å². The molecule has 0 saturated heterocycles. The molecule has 0 aliphatic rings. The van der Waals surface area contributed by atoms with Crippen molar-refractivity contribution in [2.45, 2.75) is 39.3 Å². The Bertz CT molecular complexity index is 313. The molecule has 1 rings (SSSR count). The van der Waals surface area contributed by atoms with Crippen molar-refractivity contribution in [1.82, 2.24) is 0 Å². The number of hydrogen-bond acceptors (Lipinski definition) is 3. The predicted octanol–water partition coefficient (Wildman–Crippen LogP) is 2.62. The topological polar surface area (TPSA) is 47.3 Å². The van der Waals surface area contributed by atoms with Crippen LogP contribution in [0.3, 0.4) is 0 Å². The molecule has 1 aromatic carbocycles. The van der Waals surface area contributed by atoms with Crippen molar-refractivity contribution >= 4 is 5.69 Å². The summed E-state index contributed by atoms with van der Waals surface area (Å²) in [6.07, 6.45) is 1.14. The highest BCUT2D eigenvalue weighted by molar-refractivity contribution is 5.56. The number of nitrogens with one attached hydrogen (secondary N) is 1. The van der Waals surface area contributed by atoms with Gasteiger partial charge in [-0.1, -0.05) is 12.1 Å². The van der Waals surface area contributed by atoms with Gasteiger partial charge in [0, 0.05) is 6.04 Å². The van der Waals surface area contributed by atoms with E-state index in [9.17, 15) is 0 Å². The summed E-state index contributed by atoms with van der Waals surface area (Å²) in [7, 11) is 0. The summed E-state index contributed by atoms with van der Waals surface area (Å²) >= 11 is 0. The zero-order chi connectivity index (χ0) is 12.0. The maximum atomic E-state index is 5.73. The Balaban J connectivity index is 2.70. The number of anilines is 1. The summed E-state index contributed by atoms with van der Waals surface area (Å²) in [5.74, 6) is 0.904. The largest absolute Gasteiger partial charge is 0.489 e. The van der Waals surface area contributed by atoms with E-state index in [1.807, 2.05) is 38.1 Å². The van der Waals surface area contributed by atoms with Crippen LogP contribution in [-0.2, 0) is 0 Å². The average molecular weight is 222 g/mol. The molecule has 0 aliphatic heterocycles. The van der Waals surface area contributed by atoms with Crippen LogP contribution < -0.4 is 15.8 Å². The number of benzene rings is 1. The smallest absolute Gasteiger partial charge is 0.142 e. The van der Waals surface area contributed by atoms with E-state index < -0.39 is 0 Å². The van der Waals surface area contributed by atoms with E-state index in [0.29, 0.717) is 12.6 Å². The Morgan fingerprint density at radius 3 is 2.56 bits per heavy atom. The van der Waals surface area contributed by atoms with Crippen LogP contribution in [0.25, 0.3) is 0 Å². The van der Waals surface area contributed by atoms with Crippen LogP contribution in [-0.4, -0.2) is 18.7 Å². The van der Waals surface area contributed by atoms with Gasteiger partial charge in [0.05, 0.1) is 11.8 Å². The Kier molecular flexibility index (Phi) is 5.12. The van der Waals surface area contributed by atoms with Crippen molar-refractivity contribution in [3.63, 3.8) is 0 Å². The van der Waals surface area contributed by atoms with Crippen LogP contribution in [0.5, 0.6) is 5.75 Å². The van der Waals surface area contributed by atoms with E-state index in [1.165, 1.54) is 0 Å². The Morgan fingerprint density at radius 1 is 1.25 bits per heavy atom. The summed E-state index contributed by atoms with van der Waals surface area (Å²) in [4.78, 5) is 0. The molecule has 3 N–H and O–H groups in total. The molecular weight excluding hydrogens is 200 g/mol. The van der Waals surface area contributed by atoms with Crippen LogP contribution in [0.15, 0.2) is 24.3 Å². The third-order valence-electron chi connectivity index (χ3n) is 2.25. The highest BCUT2D eigenvalue weighted by Crippen LogP contribution is 2.25. The Hall–Kier alpha value is -1.22. The molecule has 0 saturated carbocycles. The van der Waals surface area contributed by atoms with Gasteiger partial charge in [-0.05, 0) is 45.9 Å². The maximum absolute atomic E-state index is 5.73. The van der Waals surface area contributed by atoms with Crippen molar-refractivity contribution in [3.05, 3.63) is 24.3 Å². The lowest BCUT2D eigenvalue weighted by Crippen LogP contribution is -2.20. The van der Waals surface area contributed by atoms with Gasteiger partial charge in [0.25, 0.3) is 0 Å². The van der Waals surface area contributed by atoms with E-state index in [0.717, 1.165) is 17.9 Å². The van der Waals surface area contributed by atoms with E-state index in [1.54, 1.807) is 0 Å². The molecule has 0 spiro atoms. The number of nitrogens with two attached hydrogens (primary N) is 1. The molecule has 3 nitrogen and oxygen atoms in total. The minimum Gasteiger partial charge on any atom is -0.489 e. The molecule has 0 aromatic heterocycles. The van der Waals surface area contributed by atoms with Crippen molar-refractivity contribution < 1.29 is 4.74 Å². The molecule has 1 atom stereocenters. The van der Waals surface area contributed by atoms with E-state index in [4.69, 9.17) is 10.5 Å². The summed E-state index contributed by atoms with van der Waals surface area (Å²) in [5.41, 5.74) is 6.57. The molecule has 0 amide bonds. The van der Waals surface area contributed by atoms with Gasteiger partial charge < -0.3 is 15.8 Å². The summed E-state index contributed by atoms with van der Waals surface area (Å²) in [6.45, 7) is 6.88. The zero-order valence-electron chi connectivity index (χ0n) is 10.4. The second-order valence-corrected chi connectivity index (χ2v) is 4.29. The van der Waals surface area contributed by atoms with Crippen LogP contribution in [0.1, 0.15) is 27.2 Å². The van der Waals surface area contributed by atoms with E-state index in [2.05, 4.69) is 12.2 Å². The van der Waals surface area contributed by atoms with Gasteiger partial charge in [-0.2, -0.15) is 0 Å². The first kappa shape index (κ1) is 12.8. The van der Waals surface area contributed by atoms with E-state index >= 15 is 0 Å². The quantitative estimate of drug-likeness (QED) is 0.778. The number of hydrogen-bond donors (Lipinski definition) is 2. The average Bonchev–Trinajstić information content (AvgIpc) is 2.20. The van der Waals surface area contributed by atoms with Gasteiger partial charge in [0.2, 0.25) is 0 Å². The number of para-hydroxylation sites is 2. The van der Waals surface area contributed by atoms with Crippen LogP contribution in [0.4, 0.5) is 5.69 Å². The molecule has 1 aromatic rings. The molecule has 16 heavy (non-hydrogen) atoms. The molecule has 0 fully saturated rings. The lowest BCUT2D eigenvalue weighted by atomic mass is 10.2. The van der Waals surface area contributed by atoms with Gasteiger partial charge in [-0.3, -0.25) is 0 Å². The summed E-state index contributed by atoms with van der Waals surface area (Å²) in [5, 5.41) is 3.41. The molecular formula is C13H22N2O. The molecule has 0 bridgehead atoms. The molecule has 0 radical (unpaired) electrons. The molecule has 0 heterocycles. The number of ether oxygens (including phenoxy) is 1. The normalized spacial score (nSPS) is 12.6. The minimum atomic E-state index is 0.188. The summed E-state index contributed by atoms with van der Waals surface area (Å²) in [6, 6.07) is 8.37. The Labute approximate surface area is 98.0 Å². The fourth-order valence-electron chi connectivity index (χ4n) is 1.53. The second-order valence-electron chi connectivity index (χ2n) is 4.29. The second kappa shape index (κ2) is 6.38. The monoisotopic (exact) mass is 222 g/mol. The lowest BCUT2D eigenvalue weighted by Gasteiger charge is -2.19. The fraction of sp³-hybridized carbons (Fsp3) is 0.538. The van der Waals surface area contributed by atoms with E-state index in [-0.39, 0.29) is 6.10 Å². The minimum absolute atomic E-state index is 0.188. The van der Waals surface area contributed by atoms with Gasteiger partial charge in [0.1, 0.15) is 5.75 Å². The molecule has 0 aliphatic carbocycles. The predicted molar refractivity (Wildman–Crippen MR) is 69.0 cm³/mol. The summed E-state index contributed by atoms with van der Waals surface area (Å²) < 4.78 is 5.73. The zero-order valence-corrected chi connectivity index (χ0v) is 10.4. The highest BCUT2D eigenvalue weighted by Gasteiger charge is 2.07. The molecule has 3 heteroatoms. The fourth-order valence-corrected chi connectivity index (χ4v) is 1.53. The first-order valence-corrected chi connectivity index (χ1v) is 5.85. The van der Waals surface area contributed by atoms with Gasteiger partial charge in [-0.25, -0.2) is 0 Å². The number of rotatable bonds is 6. The third kappa shape index (κ3) is 4.11. The molecule has 1 unspecified atom stereocenters. The van der Waals surface area contributed by atoms with Crippen molar-refractivity contribution in [1.29, 1.82) is 0 Å². The van der Waals surface area contributed by atoms with Gasteiger partial charge in [-0.15, -0.1) is 0 Å². The van der Waals surface area contributed by atoms with Crippen molar-refractivity contribution in [2.24, 2.45) is 5.73 Å². The maximum Gasteiger partial charge on any atom is 0.142 e. The van der Waals surface area contributed by atoms with Crippen molar-refractivity contribution in [3.8, 4) is 5.75 Å². The van der Waals surface area contributed by atoms with Crippen LogP contribution in [0, 0.1) is 0 Å². The lowest BCUT2D eigenvalue weighted by molar-refractivity contribution is 0.243. The van der Waals surface area contributed by atoms with Crippen LogP contribution >= 0.6 is 0 Å². The van der Waals surface area contributed by atoms with Gasteiger partial charge >= 0.3 is 0 Å². The standard InChI is InChI=1S/C13H22N2O/c1-10(2)16-13-7-5-4-6-12(13)15-11(3)8-9-14/h4-7,10-11,15H,8-9,14H2,1-3H3. The molecule has 90 valence electrons. The Morgan fingerprint density at radius 2 is 1.94 bits per heavy atom. The first-order chi connectivity index (χ1) is 7.63. The first-order valence-electron chi connectivity index (χ1n) is 5.85.